The van der Waals surface area contributed by atoms with Crippen LogP contribution >= 0.6 is 0 Å². The monoisotopic (exact) mass is 238 g/mol. The zero-order valence-corrected chi connectivity index (χ0v) is 9.82. The van der Waals surface area contributed by atoms with Crippen LogP contribution < -0.4 is 5.32 Å². The van der Waals surface area contributed by atoms with Gasteiger partial charge in [-0.05, 0) is 12.8 Å². The first-order valence-corrected chi connectivity index (χ1v) is 5.79. The van der Waals surface area contributed by atoms with Crippen LogP contribution in [-0.2, 0) is 9.59 Å². The van der Waals surface area contributed by atoms with Crippen LogP contribution in [0, 0.1) is 12.3 Å². The van der Waals surface area contributed by atoms with Crippen LogP contribution in [0.5, 0.6) is 0 Å². The van der Waals surface area contributed by atoms with E-state index in [-0.39, 0.29) is 31.6 Å². The van der Waals surface area contributed by atoms with E-state index >= 15 is 0 Å². The summed E-state index contributed by atoms with van der Waals surface area (Å²) in [4.78, 5) is 23.7. The van der Waals surface area contributed by atoms with Crippen LogP contribution in [0.1, 0.15) is 25.7 Å². The molecule has 0 aliphatic heterocycles. The van der Waals surface area contributed by atoms with E-state index < -0.39 is 5.97 Å². The van der Waals surface area contributed by atoms with Crippen molar-refractivity contribution in [3.8, 4) is 12.3 Å². The van der Waals surface area contributed by atoms with Gasteiger partial charge >= 0.3 is 5.97 Å². The fraction of sp³-hybridized carbons (Fsp3) is 0.667. The van der Waals surface area contributed by atoms with Gasteiger partial charge in [-0.2, -0.15) is 0 Å². The number of terminal acetylenes is 1. The molecule has 2 N–H and O–H groups in total. The maximum atomic E-state index is 11.7. The Kier molecular flexibility index (Phi) is 5.50. The number of nitrogens with zero attached hydrogens (tertiary/aromatic N) is 1. The van der Waals surface area contributed by atoms with Gasteiger partial charge in [-0.15, -0.1) is 6.42 Å². The first kappa shape index (κ1) is 13.5. The number of rotatable bonds is 6. The van der Waals surface area contributed by atoms with Gasteiger partial charge in [0.15, 0.2) is 0 Å². The van der Waals surface area contributed by atoms with Crippen molar-refractivity contribution in [2.45, 2.75) is 31.7 Å². The number of amides is 1. The van der Waals surface area contributed by atoms with E-state index in [4.69, 9.17) is 11.5 Å². The molecule has 17 heavy (non-hydrogen) atoms. The molecular formula is C12H18N2O3. The zero-order chi connectivity index (χ0) is 12.7. The molecule has 5 heteroatoms. The smallest absolute Gasteiger partial charge is 0.317 e. The first-order valence-electron chi connectivity index (χ1n) is 5.79. The molecule has 0 heterocycles. The van der Waals surface area contributed by atoms with Gasteiger partial charge in [-0.1, -0.05) is 18.8 Å². The van der Waals surface area contributed by atoms with Gasteiger partial charge in [-0.25, -0.2) is 0 Å². The number of hydrogen-bond donors (Lipinski definition) is 2. The third kappa shape index (κ3) is 5.36. The lowest BCUT2D eigenvalue weighted by Crippen LogP contribution is -2.42. The van der Waals surface area contributed by atoms with Gasteiger partial charge in [-0.3, -0.25) is 14.5 Å². The van der Waals surface area contributed by atoms with Crippen molar-refractivity contribution < 1.29 is 14.7 Å². The summed E-state index contributed by atoms with van der Waals surface area (Å²) in [5, 5.41) is 11.6. The quantitative estimate of drug-likeness (QED) is 0.642. The Morgan fingerprint density at radius 2 is 2.00 bits per heavy atom. The van der Waals surface area contributed by atoms with E-state index in [0.29, 0.717) is 0 Å². The molecule has 5 nitrogen and oxygen atoms in total. The summed E-state index contributed by atoms with van der Waals surface area (Å²) in [6.45, 7) is 0.0136. The number of nitrogens with one attached hydrogen (secondary N) is 1. The molecule has 0 spiro atoms. The van der Waals surface area contributed by atoms with E-state index in [2.05, 4.69) is 11.2 Å². The van der Waals surface area contributed by atoms with Crippen molar-refractivity contribution in [1.82, 2.24) is 10.2 Å². The van der Waals surface area contributed by atoms with Crippen molar-refractivity contribution in [1.29, 1.82) is 0 Å². The summed E-state index contributed by atoms with van der Waals surface area (Å²) < 4.78 is 0. The molecule has 0 aromatic carbocycles. The number of carbonyl (C=O) groups is 2. The molecular weight excluding hydrogens is 220 g/mol. The summed E-state index contributed by atoms with van der Waals surface area (Å²) in [5.74, 6) is 1.23. The fourth-order valence-corrected chi connectivity index (χ4v) is 2.03. The highest BCUT2D eigenvalue weighted by Gasteiger charge is 2.19. The second-order valence-corrected chi connectivity index (χ2v) is 4.29. The van der Waals surface area contributed by atoms with Crippen LogP contribution in [0.15, 0.2) is 0 Å². The van der Waals surface area contributed by atoms with Crippen molar-refractivity contribution in [2.75, 3.05) is 19.6 Å². The highest BCUT2D eigenvalue weighted by atomic mass is 16.4. The van der Waals surface area contributed by atoms with Gasteiger partial charge in [0.1, 0.15) is 0 Å². The predicted molar refractivity (Wildman–Crippen MR) is 63.3 cm³/mol. The third-order valence-electron chi connectivity index (χ3n) is 2.76. The molecule has 94 valence electrons. The van der Waals surface area contributed by atoms with Gasteiger partial charge < -0.3 is 10.4 Å². The maximum absolute atomic E-state index is 11.7. The van der Waals surface area contributed by atoms with E-state index in [1.54, 1.807) is 0 Å². The van der Waals surface area contributed by atoms with Gasteiger partial charge in [0.25, 0.3) is 0 Å². The molecule has 0 atom stereocenters. The molecule has 0 aromatic heterocycles. The third-order valence-corrected chi connectivity index (χ3v) is 2.76. The fourth-order valence-electron chi connectivity index (χ4n) is 2.03. The Morgan fingerprint density at radius 3 is 2.53 bits per heavy atom. The van der Waals surface area contributed by atoms with Crippen LogP contribution in [0.4, 0.5) is 0 Å². The lowest BCUT2D eigenvalue weighted by molar-refractivity contribution is -0.138. The number of hydrogen-bond acceptors (Lipinski definition) is 3. The van der Waals surface area contributed by atoms with Gasteiger partial charge in [0.2, 0.25) is 5.91 Å². The Morgan fingerprint density at radius 1 is 1.35 bits per heavy atom. The largest absolute Gasteiger partial charge is 0.480 e. The minimum Gasteiger partial charge on any atom is -0.480 e. The second kappa shape index (κ2) is 6.92. The lowest BCUT2D eigenvalue weighted by Gasteiger charge is -2.18. The molecule has 0 radical (unpaired) electrons. The van der Waals surface area contributed by atoms with Crippen molar-refractivity contribution in [3.63, 3.8) is 0 Å². The highest BCUT2D eigenvalue weighted by Crippen LogP contribution is 2.17. The molecule has 0 bridgehead atoms. The molecule has 1 aliphatic carbocycles. The average molecular weight is 238 g/mol. The summed E-state index contributed by atoms with van der Waals surface area (Å²) in [6.07, 6.45) is 9.45. The van der Waals surface area contributed by atoms with E-state index in [9.17, 15) is 9.59 Å². The SMILES string of the molecule is C#CCN(CC(=O)O)CC(=O)NC1CCCC1. The molecule has 1 rings (SSSR count). The lowest BCUT2D eigenvalue weighted by atomic mass is 10.2. The van der Waals surface area contributed by atoms with E-state index in [1.807, 2.05) is 0 Å². The molecule has 1 fully saturated rings. The molecule has 1 amide bonds. The normalized spacial score (nSPS) is 15.8. The van der Waals surface area contributed by atoms with Crippen molar-refractivity contribution in [3.05, 3.63) is 0 Å². The molecule has 1 saturated carbocycles. The average Bonchev–Trinajstić information content (AvgIpc) is 2.69. The van der Waals surface area contributed by atoms with Crippen molar-refractivity contribution in [2.24, 2.45) is 0 Å². The van der Waals surface area contributed by atoms with Crippen LogP contribution in [-0.4, -0.2) is 47.6 Å². The van der Waals surface area contributed by atoms with E-state index in [1.165, 1.54) is 4.90 Å². The molecule has 0 aromatic rings. The summed E-state index contributed by atoms with van der Waals surface area (Å²) >= 11 is 0. The van der Waals surface area contributed by atoms with Crippen LogP contribution in [0.2, 0.25) is 0 Å². The number of carboxylic acids is 1. The predicted octanol–water partition coefficient (Wildman–Crippen LogP) is 0.0650. The van der Waals surface area contributed by atoms with Gasteiger partial charge in [0, 0.05) is 6.04 Å². The molecule has 0 unspecified atom stereocenters. The topological polar surface area (TPSA) is 69.6 Å². The number of carboxylic acid groups (broad SMARTS) is 1. The molecule has 1 aliphatic rings. The van der Waals surface area contributed by atoms with Crippen LogP contribution in [0.25, 0.3) is 0 Å². The number of aliphatic carboxylic acids is 1. The van der Waals surface area contributed by atoms with E-state index in [0.717, 1.165) is 25.7 Å². The number of carbonyl (C=O) groups excluding carboxylic acids is 1. The Balaban J connectivity index is 2.34. The molecule has 0 saturated heterocycles. The standard InChI is InChI=1S/C12H18N2O3/c1-2-7-14(9-12(16)17)8-11(15)13-10-5-3-4-6-10/h1,10H,3-9H2,(H,13,15)(H,16,17). The Bertz CT molecular complexity index is 316. The Labute approximate surface area is 101 Å². The second-order valence-electron chi connectivity index (χ2n) is 4.29. The first-order chi connectivity index (χ1) is 8.11. The highest BCUT2D eigenvalue weighted by molar-refractivity contribution is 5.79. The minimum atomic E-state index is -0.978. The maximum Gasteiger partial charge on any atom is 0.317 e. The zero-order valence-electron chi connectivity index (χ0n) is 9.82. The summed E-state index contributed by atoms with van der Waals surface area (Å²) in [6, 6.07) is 0.250. The van der Waals surface area contributed by atoms with Crippen LogP contribution in [0.3, 0.4) is 0 Å². The Hall–Kier alpha value is -1.54. The summed E-state index contributed by atoms with van der Waals surface area (Å²) in [5.41, 5.74) is 0. The minimum absolute atomic E-state index is 0.0486. The van der Waals surface area contributed by atoms with Gasteiger partial charge in [0.05, 0.1) is 19.6 Å². The van der Waals surface area contributed by atoms with Crippen molar-refractivity contribution >= 4 is 11.9 Å². The summed E-state index contributed by atoms with van der Waals surface area (Å²) in [7, 11) is 0.